The second-order valence-electron chi connectivity index (χ2n) is 3.39. The standard InChI is InChI=1S/C10H15N3O3/c1-3-5-12-6-4-9(15)13(10(12)16)7-8(14)11-2/h4,6H,3,5,7H2,1-2H3,(H,11,14). The first-order valence-electron chi connectivity index (χ1n) is 5.11. The molecule has 0 bridgehead atoms. The number of aromatic nitrogens is 2. The molecule has 0 atom stereocenters. The van der Waals surface area contributed by atoms with Crippen molar-refractivity contribution < 1.29 is 4.79 Å². The van der Waals surface area contributed by atoms with Crippen LogP contribution < -0.4 is 16.6 Å². The molecule has 0 saturated carbocycles. The molecule has 0 unspecified atom stereocenters. The molecular weight excluding hydrogens is 210 g/mol. The van der Waals surface area contributed by atoms with Crippen LogP contribution in [0.3, 0.4) is 0 Å². The van der Waals surface area contributed by atoms with Crippen molar-refractivity contribution in [3.63, 3.8) is 0 Å². The summed E-state index contributed by atoms with van der Waals surface area (Å²) in [6.45, 7) is 2.23. The van der Waals surface area contributed by atoms with Crippen molar-refractivity contribution in [3.8, 4) is 0 Å². The van der Waals surface area contributed by atoms with Crippen LogP contribution in [0.2, 0.25) is 0 Å². The molecule has 1 aromatic heterocycles. The third kappa shape index (κ3) is 2.59. The fraction of sp³-hybridized carbons (Fsp3) is 0.500. The highest BCUT2D eigenvalue weighted by atomic mass is 16.2. The molecule has 0 saturated heterocycles. The van der Waals surface area contributed by atoms with Crippen molar-refractivity contribution in [1.29, 1.82) is 0 Å². The second-order valence-corrected chi connectivity index (χ2v) is 3.39. The molecule has 1 rings (SSSR count). The molecule has 1 N–H and O–H groups in total. The van der Waals surface area contributed by atoms with Gasteiger partial charge in [-0.25, -0.2) is 4.79 Å². The summed E-state index contributed by atoms with van der Waals surface area (Å²) in [4.78, 5) is 34.3. The predicted molar refractivity (Wildman–Crippen MR) is 59.3 cm³/mol. The van der Waals surface area contributed by atoms with E-state index >= 15 is 0 Å². The number of carbonyl (C=O) groups is 1. The molecule has 0 aliphatic rings. The molecular formula is C10H15N3O3. The van der Waals surface area contributed by atoms with Crippen molar-refractivity contribution >= 4 is 5.91 Å². The van der Waals surface area contributed by atoms with Gasteiger partial charge in [0.25, 0.3) is 5.56 Å². The maximum Gasteiger partial charge on any atom is 0.331 e. The molecule has 1 amide bonds. The largest absolute Gasteiger partial charge is 0.358 e. The van der Waals surface area contributed by atoms with E-state index in [-0.39, 0.29) is 12.5 Å². The van der Waals surface area contributed by atoms with Gasteiger partial charge in [-0.05, 0) is 6.42 Å². The molecule has 0 fully saturated rings. The van der Waals surface area contributed by atoms with Gasteiger partial charge in [-0.2, -0.15) is 0 Å². The summed E-state index contributed by atoms with van der Waals surface area (Å²) in [5.41, 5.74) is -0.904. The number of nitrogens with one attached hydrogen (secondary N) is 1. The number of amides is 1. The number of carbonyl (C=O) groups excluding carboxylic acids is 1. The van der Waals surface area contributed by atoms with Crippen LogP contribution in [0.5, 0.6) is 0 Å². The zero-order valence-electron chi connectivity index (χ0n) is 9.40. The van der Waals surface area contributed by atoms with Crippen molar-refractivity contribution in [3.05, 3.63) is 33.1 Å². The van der Waals surface area contributed by atoms with E-state index in [0.717, 1.165) is 11.0 Å². The van der Waals surface area contributed by atoms with Crippen LogP contribution in [0.15, 0.2) is 21.9 Å². The molecule has 6 heteroatoms. The highest BCUT2D eigenvalue weighted by molar-refractivity contribution is 5.75. The summed E-state index contributed by atoms with van der Waals surface area (Å²) in [6, 6.07) is 1.29. The molecule has 16 heavy (non-hydrogen) atoms. The van der Waals surface area contributed by atoms with E-state index in [1.165, 1.54) is 23.9 Å². The number of hydrogen-bond acceptors (Lipinski definition) is 3. The van der Waals surface area contributed by atoms with Crippen LogP contribution in [-0.2, 0) is 17.9 Å². The number of hydrogen-bond donors (Lipinski definition) is 1. The van der Waals surface area contributed by atoms with E-state index in [9.17, 15) is 14.4 Å². The topological polar surface area (TPSA) is 73.1 Å². The van der Waals surface area contributed by atoms with Gasteiger partial charge in [-0.1, -0.05) is 6.92 Å². The summed E-state index contributed by atoms with van der Waals surface area (Å²) >= 11 is 0. The first kappa shape index (κ1) is 12.2. The molecule has 0 aliphatic carbocycles. The molecule has 6 nitrogen and oxygen atoms in total. The van der Waals surface area contributed by atoms with E-state index in [2.05, 4.69) is 5.32 Å². The maximum absolute atomic E-state index is 11.8. The van der Waals surface area contributed by atoms with E-state index in [0.29, 0.717) is 6.54 Å². The van der Waals surface area contributed by atoms with Crippen LogP contribution in [0.4, 0.5) is 0 Å². The van der Waals surface area contributed by atoms with Gasteiger partial charge in [0.15, 0.2) is 0 Å². The first-order chi connectivity index (χ1) is 7.60. The molecule has 1 heterocycles. The lowest BCUT2D eigenvalue weighted by Crippen LogP contribution is -2.42. The Kier molecular flexibility index (Phi) is 4.04. The lowest BCUT2D eigenvalue weighted by atomic mass is 10.4. The first-order valence-corrected chi connectivity index (χ1v) is 5.11. The lowest BCUT2D eigenvalue weighted by molar-refractivity contribution is -0.121. The monoisotopic (exact) mass is 225 g/mol. The number of rotatable bonds is 4. The summed E-state index contributed by atoms with van der Waals surface area (Å²) in [6.07, 6.45) is 2.24. The Morgan fingerprint density at radius 3 is 2.69 bits per heavy atom. The normalized spacial score (nSPS) is 10.1. The minimum Gasteiger partial charge on any atom is -0.358 e. The zero-order valence-corrected chi connectivity index (χ0v) is 9.40. The Morgan fingerprint density at radius 2 is 2.12 bits per heavy atom. The van der Waals surface area contributed by atoms with Crippen LogP contribution in [0.1, 0.15) is 13.3 Å². The van der Waals surface area contributed by atoms with Crippen LogP contribution in [0, 0.1) is 0 Å². The minimum atomic E-state index is -0.457. The summed E-state index contributed by atoms with van der Waals surface area (Å²) in [5.74, 6) is -0.367. The second kappa shape index (κ2) is 5.29. The molecule has 88 valence electrons. The van der Waals surface area contributed by atoms with Gasteiger partial charge in [-0.15, -0.1) is 0 Å². The predicted octanol–water partition coefficient (Wildman–Crippen LogP) is -0.834. The Bertz CT molecular complexity index is 487. The minimum absolute atomic E-state index is 0.237. The molecule has 0 spiro atoms. The smallest absolute Gasteiger partial charge is 0.331 e. The molecule has 0 aliphatic heterocycles. The van der Waals surface area contributed by atoms with Crippen LogP contribution >= 0.6 is 0 Å². The van der Waals surface area contributed by atoms with Crippen molar-refractivity contribution in [2.45, 2.75) is 26.4 Å². The van der Waals surface area contributed by atoms with E-state index in [1.807, 2.05) is 6.92 Å². The van der Waals surface area contributed by atoms with Crippen LogP contribution in [-0.4, -0.2) is 22.1 Å². The van der Waals surface area contributed by atoms with E-state index < -0.39 is 11.2 Å². The summed E-state index contributed by atoms with van der Waals surface area (Å²) in [5, 5.41) is 2.37. The van der Waals surface area contributed by atoms with Crippen LogP contribution in [0.25, 0.3) is 0 Å². The fourth-order valence-electron chi connectivity index (χ4n) is 1.34. The highest BCUT2D eigenvalue weighted by Gasteiger charge is 2.07. The lowest BCUT2D eigenvalue weighted by Gasteiger charge is -2.07. The Morgan fingerprint density at radius 1 is 1.44 bits per heavy atom. The van der Waals surface area contributed by atoms with Gasteiger partial charge in [0.05, 0.1) is 0 Å². The Labute approximate surface area is 92.5 Å². The van der Waals surface area contributed by atoms with Gasteiger partial charge in [0, 0.05) is 25.9 Å². The number of likely N-dealkylation sites (N-methyl/N-ethyl adjacent to an activating group) is 1. The Balaban J connectivity index is 3.16. The summed E-state index contributed by atoms with van der Waals surface area (Å²) < 4.78 is 2.35. The average Bonchev–Trinajstić information content (AvgIpc) is 2.28. The third-order valence-corrected chi connectivity index (χ3v) is 2.18. The highest BCUT2D eigenvalue weighted by Crippen LogP contribution is 1.83. The fourth-order valence-corrected chi connectivity index (χ4v) is 1.34. The van der Waals surface area contributed by atoms with Crippen molar-refractivity contribution in [2.75, 3.05) is 7.05 Å². The van der Waals surface area contributed by atoms with Gasteiger partial charge in [0.2, 0.25) is 5.91 Å². The quantitative estimate of drug-likeness (QED) is 0.726. The van der Waals surface area contributed by atoms with Gasteiger partial charge < -0.3 is 9.88 Å². The van der Waals surface area contributed by atoms with Gasteiger partial charge in [-0.3, -0.25) is 14.2 Å². The number of aryl methyl sites for hydroxylation is 1. The maximum atomic E-state index is 11.8. The molecule has 0 radical (unpaired) electrons. The molecule has 0 aromatic carbocycles. The number of nitrogens with zero attached hydrogens (tertiary/aromatic N) is 2. The van der Waals surface area contributed by atoms with Crippen molar-refractivity contribution in [2.24, 2.45) is 0 Å². The van der Waals surface area contributed by atoms with E-state index in [4.69, 9.17) is 0 Å². The van der Waals surface area contributed by atoms with Crippen molar-refractivity contribution in [1.82, 2.24) is 14.5 Å². The molecule has 1 aromatic rings. The average molecular weight is 225 g/mol. The SMILES string of the molecule is CCCn1ccc(=O)n(CC(=O)NC)c1=O. The van der Waals surface area contributed by atoms with E-state index in [1.54, 1.807) is 0 Å². The zero-order chi connectivity index (χ0) is 12.1. The summed E-state index contributed by atoms with van der Waals surface area (Å²) in [7, 11) is 1.46. The van der Waals surface area contributed by atoms with Gasteiger partial charge in [0.1, 0.15) is 6.54 Å². The third-order valence-electron chi connectivity index (χ3n) is 2.18. The Hall–Kier alpha value is -1.85. The van der Waals surface area contributed by atoms with Gasteiger partial charge >= 0.3 is 5.69 Å².